The molecule has 0 aliphatic carbocycles. The molecule has 0 aliphatic heterocycles. The third-order valence-corrected chi connectivity index (χ3v) is 4.17. The number of halogens is 1. The third kappa shape index (κ3) is 2.62. The quantitative estimate of drug-likeness (QED) is 0.871. The van der Waals surface area contributed by atoms with Crippen molar-refractivity contribution in [2.24, 2.45) is 0 Å². The van der Waals surface area contributed by atoms with Crippen LogP contribution >= 0.6 is 11.3 Å². The average Bonchev–Trinajstić information content (AvgIpc) is 2.76. The Labute approximate surface area is 112 Å². The molecular formula is C15H18FNS. The molecule has 1 heterocycles. The van der Waals surface area contributed by atoms with Crippen LogP contribution in [-0.4, -0.2) is 6.54 Å². The van der Waals surface area contributed by atoms with Crippen LogP contribution in [0.5, 0.6) is 0 Å². The lowest BCUT2D eigenvalue weighted by atomic mass is 10.0. The molecule has 3 heteroatoms. The molecule has 1 nitrogen and oxygen atoms in total. The zero-order valence-electron chi connectivity index (χ0n) is 11.0. The highest BCUT2D eigenvalue weighted by Crippen LogP contribution is 2.30. The molecule has 96 valence electrons. The number of rotatable bonds is 4. The summed E-state index contributed by atoms with van der Waals surface area (Å²) >= 11 is 1.75. The number of nitrogens with one attached hydrogen (secondary N) is 1. The van der Waals surface area contributed by atoms with Crippen molar-refractivity contribution in [3.8, 4) is 0 Å². The number of benzene rings is 1. The molecule has 0 spiro atoms. The first kappa shape index (κ1) is 13.2. The minimum Gasteiger partial charge on any atom is -0.306 e. The molecule has 0 saturated carbocycles. The Kier molecular flexibility index (Phi) is 4.15. The second-order valence-corrected chi connectivity index (χ2v) is 5.41. The number of aryl methyl sites for hydroxylation is 2. The van der Waals surface area contributed by atoms with Crippen LogP contribution in [0.2, 0.25) is 0 Å². The summed E-state index contributed by atoms with van der Waals surface area (Å²) in [5.74, 6) is -0.142. The zero-order chi connectivity index (χ0) is 13.1. The Morgan fingerprint density at radius 2 is 2.00 bits per heavy atom. The van der Waals surface area contributed by atoms with Gasteiger partial charge in [-0.1, -0.05) is 19.1 Å². The van der Waals surface area contributed by atoms with Gasteiger partial charge >= 0.3 is 0 Å². The van der Waals surface area contributed by atoms with Crippen LogP contribution in [0.3, 0.4) is 0 Å². The largest absolute Gasteiger partial charge is 0.306 e. The average molecular weight is 263 g/mol. The highest BCUT2D eigenvalue weighted by molar-refractivity contribution is 7.10. The molecule has 0 radical (unpaired) electrons. The molecule has 1 unspecified atom stereocenters. The van der Waals surface area contributed by atoms with Crippen molar-refractivity contribution in [1.29, 1.82) is 0 Å². The second-order valence-electron chi connectivity index (χ2n) is 4.47. The first-order chi connectivity index (χ1) is 8.63. The third-order valence-electron chi connectivity index (χ3n) is 3.09. The Morgan fingerprint density at radius 3 is 2.56 bits per heavy atom. The van der Waals surface area contributed by atoms with Crippen LogP contribution in [0.4, 0.5) is 4.39 Å². The summed E-state index contributed by atoms with van der Waals surface area (Å²) in [6.45, 7) is 6.90. The van der Waals surface area contributed by atoms with Crippen molar-refractivity contribution in [2.45, 2.75) is 26.8 Å². The fraction of sp³-hybridized carbons (Fsp3) is 0.333. The zero-order valence-corrected chi connectivity index (χ0v) is 11.8. The van der Waals surface area contributed by atoms with Crippen molar-refractivity contribution in [1.82, 2.24) is 5.32 Å². The van der Waals surface area contributed by atoms with Gasteiger partial charge in [-0.2, -0.15) is 0 Å². The summed E-state index contributed by atoms with van der Waals surface area (Å²) in [5.41, 5.74) is 3.11. The SMILES string of the molecule is CCNC(c1ccc(F)c(C)c1)c1sccc1C. The van der Waals surface area contributed by atoms with Crippen molar-refractivity contribution in [2.75, 3.05) is 6.54 Å². The van der Waals surface area contributed by atoms with E-state index in [9.17, 15) is 4.39 Å². The lowest BCUT2D eigenvalue weighted by molar-refractivity contribution is 0.608. The highest BCUT2D eigenvalue weighted by atomic mass is 32.1. The van der Waals surface area contributed by atoms with Crippen molar-refractivity contribution < 1.29 is 4.39 Å². The summed E-state index contributed by atoms with van der Waals surface area (Å²) in [5, 5.41) is 5.58. The number of thiophene rings is 1. The van der Waals surface area contributed by atoms with E-state index in [2.05, 4.69) is 30.6 Å². The lowest BCUT2D eigenvalue weighted by Gasteiger charge is -2.19. The minimum absolute atomic E-state index is 0.142. The standard InChI is InChI=1S/C15H18FNS/c1-4-17-14(15-10(2)7-8-18-15)12-5-6-13(16)11(3)9-12/h5-9,14,17H,4H2,1-3H3. The monoisotopic (exact) mass is 263 g/mol. The molecule has 0 saturated heterocycles. The molecule has 1 aromatic carbocycles. The van der Waals surface area contributed by atoms with Crippen molar-refractivity contribution in [3.63, 3.8) is 0 Å². The summed E-state index contributed by atoms with van der Waals surface area (Å²) < 4.78 is 13.4. The van der Waals surface area contributed by atoms with E-state index in [0.29, 0.717) is 5.56 Å². The van der Waals surface area contributed by atoms with Gasteiger partial charge in [0.05, 0.1) is 6.04 Å². The maximum absolute atomic E-state index is 13.4. The smallest absolute Gasteiger partial charge is 0.126 e. The van der Waals surface area contributed by atoms with Crippen LogP contribution in [0, 0.1) is 19.7 Å². The van der Waals surface area contributed by atoms with Crippen LogP contribution in [0.15, 0.2) is 29.6 Å². The molecule has 0 aliphatic rings. The Morgan fingerprint density at radius 1 is 1.22 bits per heavy atom. The maximum Gasteiger partial charge on any atom is 0.126 e. The molecule has 2 rings (SSSR count). The summed E-state index contributed by atoms with van der Waals surface area (Å²) in [6.07, 6.45) is 0. The number of hydrogen-bond donors (Lipinski definition) is 1. The highest BCUT2D eigenvalue weighted by Gasteiger charge is 2.17. The summed E-state index contributed by atoms with van der Waals surface area (Å²) in [4.78, 5) is 1.31. The van der Waals surface area contributed by atoms with E-state index in [1.165, 1.54) is 10.4 Å². The molecule has 0 fully saturated rings. The lowest BCUT2D eigenvalue weighted by Crippen LogP contribution is -2.21. The van der Waals surface area contributed by atoms with E-state index in [1.807, 2.05) is 19.1 Å². The molecule has 1 aromatic heterocycles. The van der Waals surface area contributed by atoms with Crippen LogP contribution in [0.25, 0.3) is 0 Å². The van der Waals surface area contributed by atoms with Crippen LogP contribution < -0.4 is 5.32 Å². The normalized spacial score (nSPS) is 12.7. The van der Waals surface area contributed by atoms with Gasteiger partial charge in [0.2, 0.25) is 0 Å². The second kappa shape index (κ2) is 5.63. The van der Waals surface area contributed by atoms with Gasteiger partial charge in [-0.25, -0.2) is 4.39 Å². The van der Waals surface area contributed by atoms with Gasteiger partial charge in [-0.05, 0) is 54.6 Å². The van der Waals surface area contributed by atoms with Gasteiger partial charge in [0, 0.05) is 4.88 Å². The van der Waals surface area contributed by atoms with Gasteiger partial charge in [0.15, 0.2) is 0 Å². The molecular weight excluding hydrogens is 245 g/mol. The maximum atomic E-state index is 13.4. The summed E-state index contributed by atoms with van der Waals surface area (Å²) in [7, 11) is 0. The molecule has 0 bridgehead atoms. The Hall–Kier alpha value is -1.19. The van der Waals surface area contributed by atoms with Gasteiger partial charge in [-0.15, -0.1) is 11.3 Å². The fourth-order valence-corrected chi connectivity index (χ4v) is 3.12. The molecule has 0 amide bonds. The van der Waals surface area contributed by atoms with Crippen LogP contribution in [0.1, 0.15) is 34.5 Å². The first-order valence-corrected chi connectivity index (χ1v) is 7.05. The van der Waals surface area contributed by atoms with Crippen LogP contribution in [-0.2, 0) is 0 Å². The topological polar surface area (TPSA) is 12.0 Å². The predicted octanol–water partition coefficient (Wildman–Crippen LogP) is 4.20. The molecule has 18 heavy (non-hydrogen) atoms. The van der Waals surface area contributed by atoms with E-state index in [1.54, 1.807) is 17.4 Å². The predicted molar refractivity (Wildman–Crippen MR) is 75.7 cm³/mol. The molecule has 2 aromatic rings. The van der Waals surface area contributed by atoms with E-state index < -0.39 is 0 Å². The molecule has 1 N–H and O–H groups in total. The minimum atomic E-state index is -0.142. The van der Waals surface area contributed by atoms with Gasteiger partial charge in [0.1, 0.15) is 5.82 Å². The van der Waals surface area contributed by atoms with Gasteiger partial charge in [0.25, 0.3) is 0 Å². The van der Waals surface area contributed by atoms with Gasteiger partial charge in [-0.3, -0.25) is 0 Å². The fourth-order valence-electron chi connectivity index (χ4n) is 2.09. The van der Waals surface area contributed by atoms with Crippen molar-refractivity contribution in [3.05, 3.63) is 57.0 Å². The van der Waals surface area contributed by atoms with Crippen molar-refractivity contribution >= 4 is 11.3 Å². The number of hydrogen-bond acceptors (Lipinski definition) is 2. The van der Waals surface area contributed by atoms with E-state index >= 15 is 0 Å². The Balaban J connectivity index is 2.41. The van der Waals surface area contributed by atoms with Gasteiger partial charge < -0.3 is 5.32 Å². The Bertz CT molecular complexity index is 533. The summed E-state index contributed by atoms with van der Waals surface area (Å²) in [6, 6.07) is 7.64. The van der Waals surface area contributed by atoms with E-state index in [4.69, 9.17) is 0 Å². The molecule has 1 atom stereocenters. The van der Waals surface area contributed by atoms with E-state index in [0.717, 1.165) is 12.1 Å². The first-order valence-electron chi connectivity index (χ1n) is 6.17. The van der Waals surface area contributed by atoms with E-state index in [-0.39, 0.29) is 11.9 Å².